The molecule has 148 valence electrons. The van der Waals surface area contributed by atoms with E-state index < -0.39 is 66.9 Å². The molecule has 1 unspecified atom stereocenters. The molecular weight excluding hydrogens is 346 g/mol. The molecule has 0 rings (SSSR count). The monoisotopic (exact) mass is 373 g/mol. The summed E-state index contributed by atoms with van der Waals surface area (Å²) in [7, 11) is 0. The van der Waals surface area contributed by atoms with Crippen LogP contribution in [0.15, 0.2) is 0 Å². The van der Waals surface area contributed by atoms with E-state index in [0.717, 1.165) is 0 Å². The fourth-order valence-electron chi connectivity index (χ4n) is 2.31. The zero-order valence-corrected chi connectivity index (χ0v) is 14.9. The van der Waals surface area contributed by atoms with Crippen molar-refractivity contribution in [1.82, 2.24) is 5.32 Å². The van der Waals surface area contributed by atoms with Gasteiger partial charge in [-0.2, -0.15) is 0 Å². The number of carbonyl (C=O) groups excluding carboxylic acids is 5. The molecule has 0 aromatic carbocycles. The van der Waals surface area contributed by atoms with Gasteiger partial charge >= 0.3 is 0 Å². The summed E-state index contributed by atoms with van der Waals surface area (Å²) in [5.41, 5.74) is 10.4. The van der Waals surface area contributed by atoms with Crippen molar-refractivity contribution in [2.24, 2.45) is 23.3 Å². The number of ketones is 3. The van der Waals surface area contributed by atoms with Gasteiger partial charge in [0, 0.05) is 25.2 Å². The summed E-state index contributed by atoms with van der Waals surface area (Å²) in [6, 6.07) is -1.14. The normalized spacial score (nSPS) is 15.4. The Morgan fingerprint density at radius 1 is 1.08 bits per heavy atom. The second-order valence-electron chi connectivity index (χ2n) is 6.25. The summed E-state index contributed by atoms with van der Waals surface area (Å²) in [5.74, 6) is -5.04. The number of nitrogens with one attached hydrogen (secondary N) is 1. The van der Waals surface area contributed by atoms with E-state index >= 15 is 0 Å². The van der Waals surface area contributed by atoms with Gasteiger partial charge in [-0.3, -0.25) is 24.0 Å². The van der Waals surface area contributed by atoms with E-state index in [4.69, 9.17) is 16.6 Å². The van der Waals surface area contributed by atoms with E-state index in [0.29, 0.717) is 0 Å². The topological polar surface area (TPSA) is 190 Å². The molecule has 10 heteroatoms. The minimum absolute atomic E-state index is 0.274. The third-order valence-electron chi connectivity index (χ3n) is 3.89. The maximum atomic E-state index is 12.1. The van der Waals surface area contributed by atoms with Gasteiger partial charge in [-0.1, -0.05) is 0 Å². The van der Waals surface area contributed by atoms with Gasteiger partial charge in [0.25, 0.3) is 0 Å². The van der Waals surface area contributed by atoms with E-state index in [2.05, 4.69) is 5.32 Å². The standard InChI is InChI=1S/C16H27N3O7/c1-8(21)12(9(2)22)5-11(23)3-10(4-15(18)25)16(26)19-6-14(24)13(17)7-20/h8,10,12-13,20-21H,3-7,17H2,1-2H3,(H2,18,25)(H,19,26)/t8?,10-,12-,13-/m0/s1. The summed E-state index contributed by atoms with van der Waals surface area (Å²) in [4.78, 5) is 58.4. The van der Waals surface area contributed by atoms with Crippen LogP contribution in [-0.2, 0) is 24.0 Å². The van der Waals surface area contributed by atoms with Crippen LogP contribution in [0.5, 0.6) is 0 Å². The zero-order chi connectivity index (χ0) is 20.4. The summed E-state index contributed by atoms with van der Waals surface area (Å²) in [6.45, 7) is 1.58. The molecule has 10 nitrogen and oxygen atoms in total. The predicted octanol–water partition coefficient (Wildman–Crippen LogP) is -2.58. The highest BCUT2D eigenvalue weighted by molar-refractivity contribution is 5.94. The van der Waals surface area contributed by atoms with E-state index in [-0.39, 0.29) is 18.6 Å². The first-order valence-electron chi connectivity index (χ1n) is 8.14. The second kappa shape index (κ2) is 11.4. The fraction of sp³-hybridized carbons (Fsp3) is 0.688. The highest BCUT2D eigenvalue weighted by Gasteiger charge is 2.28. The number of carbonyl (C=O) groups is 5. The van der Waals surface area contributed by atoms with Crippen LogP contribution in [0.1, 0.15) is 33.1 Å². The van der Waals surface area contributed by atoms with Crippen LogP contribution in [0.25, 0.3) is 0 Å². The van der Waals surface area contributed by atoms with E-state index in [1.54, 1.807) is 0 Å². The molecule has 26 heavy (non-hydrogen) atoms. The van der Waals surface area contributed by atoms with Crippen LogP contribution in [0.3, 0.4) is 0 Å². The highest BCUT2D eigenvalue weighted by atomic mass is 16.3. The number of rotatable bonds is 13. The van der Waals surface area contributed by atoms with Crippen LogP contribution in [0, 0.1) is 11.8 Å². The number of primary amides is 1. The fourth-order valence-corrected chi connectivity index (χ4v) is 2.31. The van der Waals surface area contributed by atoms with Gasteiger partial charge in [-0.05, 0) is 13.8 Å². The summed E-state index contributed by atoms with van der Waals surface area (Å²) in [5, 5.41) is 20.6. The molecule has 0 aliphatic carbocycles. The van der Waals surface area contributed by atoms with Gasteiger partial charge in [0.15, 0.2) is 5.78 Å². The average molecular weight is 373 g/mol. The molecular formula is C16H27N3O7. The number of Topliss-reactive ketones (excluding diaryl/α,β-unsaturated/α-hetero) is 3. The molecule has 0 saturated carbocycles. The van der Waals surface area contributed by atoms with Gasteiger partial charge in [-0.15, -0.1) is 0 Å². The Bertz CT molecular complexity index is 548. The second-order valence-corrected chi connectivity index (χ2v) is 6.25. The van der Waals surface area contributed by atoms with E-state index in [1.807, 2.05) is 0 Å². The largest absolute Gasteiger partial charge is 0.394 e. The number of aliphatic hydroxyl groups excluding tert-OH is 2. The molecule has 0 saturated heterocycles. The molecule has 0 aromatic heterocycles. The summed E-state index contributed by atoms with van der Waals surface area (Å²) < 4.78 is 0. The number of hydrogen-bond acceptors (Lipinski definition) is 8. The minimum atomic E-state index is -1.14. The number of hydrogen-bond donors (Lipinski definition) is 5. The van der Waals surface area contributed by atoms with Crippen LogP contribution >= 0.6 is 0 Å². The number of aliphatic hydroxyl groups is 2. The lowest BCUT2D eigenvalue weighted by atomic mass is 9.88. The molecule has 0 aliphatic rings. The van der Waals surface area contributed by atoms with Gasteiger partial charge in [0.2, 0.25) is 11.8 Å². The molecule has 0 heterocycles. The lowest BCUT2D eigenvalue weighted by Gasteiger charge is -2.19. The Hall–Kier alpha value is -2.17. The van der Waals surface area contributed by atoms with Gasteiger partial charge in [0.05, 0.1) is 31.2 Å². The lowest BCUT2D eigenvalue weighted by molar-refractivity contribution is -0.135. The Labute approximate surface area is 151 Å². The first-order valence-corrected chi connectivity index (χ1v) is 8.14. The predicted molar refractivity (Wildman–Crippen MR) is 90.5 cm³/mol. The quantitative estimate of drug-likeness (QED) is 0.232. The van der Waals surface area contributed by atoms with Crippen LogP contribution < -0.4 is 16.8 Å². The van der Waals surface area contributed by atoms with E-state index in [1.165, 1.54) is 13.8 Å². The highest BCUT2D eigenvalue weighted by Crippen LogP contribution is 2.17. The smallest absolute Gasteiger partial charge is 0.224 e. The third-order valence-corrected chi connectivity index (χ3v) is 3.89. The summed E-state index contributed by atoms with van der Waals surface area (Å²) >= 11 is 0. The zero-order valence-electron chi connectivity index (χ0n) is 14.9. The first kappa shape index (κ1) is 23.8. The molecule has 0 spiro atoms. The SMILES string of the molecule is CC(=O)[C@@H](CC(=O)C[C@@H](CC(N)=O)C(=O)NCC(=O)[C@@H](N)CO)C(C)O. The number of amides is 2. The molecule has 0 fully saturated rings. The van der Waals surface area contributed by atoms with Crippen molar-refractivity contribution < 1.29 is 34.2 Å². The lowest BCUT2D eigenvalue weighted by Crippen LogP contribution is -2.44. The van der Waals surface area contributed by atoms with E-state index in [9.17, 15) is 29.1 Å². The Morgan fingerprint density at radius 3 is 2.08 bits per heavy atom. The maximum Gasteiger partial charge on any atom is 0.224 e. The molecule has 0 radical (unpaired) electrons. The van der Waals surface area contributed by atoms with Gasteiger partial charge < -0.3 is 27.0 Å². The van der Waals surface area contributed by atoms with Crippen molar-refractivity contribution in [1.29, 1.82) is 0 Å². The van der Waals surface area contributed by atoms with Crippen molar-refractivity contribution in [2.75, 3.05) is 13.2 Å². The van der Waals surface area contributed by atoms with Crippen molar-refractivity contribution in [3.8, 4) is 0 Å². The first-order chi connectivity index (χ1) is 12.0. The molecule has 2 amide bonds. The maximum absolute atomic E-state index is 12.1. The average Bonchev–Trinajstić information content (AvgIpc) is 2.54. The van der Waals surface area contributed by atoms with Crippen molar-refractivity contribution >= 4 is 29.2 Å². The molecule has 4 atom stereocenters. The van der Waals surface area contributed by atoms with Gasteiger partial charge in [-0.25, -0.2) is 0 Å². The van der Waals surface area contributed by atoms with Crippen LogP contribution in [-0.4, -0.2) is 64.7 Å². The summed E-state index contributed by atoms with van der Waals surface area (Å²) in [6.07, 6.45) is -2.09. The molecule has 7 N–H and O–H groups in total. The van der Waals surface area contributed by atoms with Crippen LogP contribution in [0.4, 0.5) is 0 Å². The van der Waals surface area contributed by atoms with Crippen molar-refractivity contribution in [3.63, 3.8) is 0 Å². The van der Waals surface area contributed by atoms with Crippen LogP contribution in [0.2, 0.25) is 0 Å². The molecule has 0 aromatic rings. The van der Waals surface area contributed by atoms with Crippen molar-refractivity contribution in [3.05, 3.63) is 0 Å². The van der Waals surface area contributed by atoms with Gasteiger partial charge in [0.1, 0.15) is 11.6 Å². The number of nitrogens with two attached hydrogens (primary N) is 2. The minimum Gasteiger partial charge on any atom is -0.394 e. The Kier molecular flexibility index (Phi) is 10.5. The third kappa shape index (κ3) is 8.79. The van der Waals surface area contributed by atoms with Crippen molar-refractivity contribution in [2.45, 2.75) is 45.3 Å². The Morgan fingerprint density at radius 2 is 1.65 bits per heavy atom. The molecule has 0 aliphatic heterocycles. The molecule has 0 bridgehead atoms. The Balaban J connectivity index is 4.90.